The van der Waals surface area contributed by atoms with E-state index in [1.807, 2.05) is 0 Å². The van der Waals surface area contributed by atoms with Crippen LogP contribution in [0.4, 0.5) is 0 Å². The van der Waals surface area contributed by atoms with Gasteiger partial charge in [-0.05, 0) is 0 Å². The minimum atomic E-state index is -4.58. The first kappa shape index (κ1) is 20.0. The fourth-order valence-electron chi connectivity index (χ4n) is 4.41. The fourth-order valence-corrected chi connectivity index (χ4v) is 21.8. The first-order valence-electron chi connectivity index (χ1n) is 10.1. The summed E-state index contributed by atoms with van der Waals surface area (Å²) in [6, 6.07) is 43.5. The van der Waals surface area contributed by atoms with Crippen molar-refractivity contribution in [2.24, 2.45) is 0 Å². The molecule has 0 unspecified atom stereocenters. The molecule has 4 aromatic carbocycles. The van der Waals surface area contributed by atoms with Crippen LogP contribution in [0.2, 0.25) is 0 Å². The van der Waals surface area contributed by atoms with Crippen molar-refractivity contribution in [3.63, 3.8) is 0 Å². The number of hydrogen-bond acceptors (Lipinski definition) is 1. The Morgan fingerprint density at radius 2 is 0.690 bits per heavy atom. The SMILES string of the molecule is CC(C)[O][Sb]([c]1ccccc1)([c]1ccccc1)([c]1ccccc1)[c]1ccccc1. The Morgan fingerprint density at radius 3 is 0.897 bits per heavy atom. The number of rotatable bonds is 6. The van der Waals surface area contributed by atoms with Crippen molar-refractivity contribution < 1.29 is 3.02 Å². The summed E-state index contributed by atoms with van der Waals surface area (Å²) in [5.41, 5.74) is 0. The molecule has 0 aliphatic rings. The fraction of sp³-hybridized carbons (Fsp3) is 0.111. The van der Waals surface area contributed by atoms with E-state index in [-0.39, 0.29) is 6.10 Å². The molecule has 0 bridgehead atoms. The van der Waals surface area contributed by atoms with Gasteiger partial charge in [0.25, 0.3) is 0 Å². The molecular formula is C27H27OSb. The zero-order valence-corrected chi connectivity index (χ0v) is 19.5. The maximum absolute atomic E-state index is 7.37. The second kappa shape index (κ2) is 8.18. The van der Waals surface area contributed by atoms with E-state index >= 15 is 0 Å². The van der Waals surface area contributed by atoms with Crippen LogP contribution in [-0.2, 0) is 3.02 Å². The third-order valence-electron chi connectivity index (χ3n) is 5.42. The van der Waals surface area contributed by atoms with Crippen molar-refractivity contribution in [1.29, 1.82) is 0 Å². The maximum atomic E-state index is 7.37. The monoisotopic (exact) mass is 488 g/mol. The number of hydrogen-bond donors (Lipinski definition) is 0. The second-order valence-corrected chi connectivity index (χ2v) is 19.9. The van der Waals surface area contributed by atoms with E-state index in [9.17, 15) is 0 Å². The van der Waals surface area contributed by atoms with Crippen LogP contribution in [0.5, 0.6) is 0 Å². The van der Waals surface area contributed by atoms with Gasteiger partial charge in [0.2, 0.25) is 0 Å². The standard InChI is InChI=1S/4C6H5.C3H7O.Sb/c4*1-2-4-6-5-3-1;1-3(2)4;/h4*1-5H;3H,1-2H3;/q;;;;-1;+1. The van der Waals surface area contributed by atoms with E-state index in [0.29, 0.717) is 0 Å². The summed E-state index contributed by atoms with van der Waals surface area (Å²) in [4.78, 5) is 0. The minimum absolute atomic E-state index is 0.0672. The number of benzene rings is 4. The van der Waals surface area contributed by atoms with Crippen LogP contribution in [0.25, 0.3) is 0 Å². The average Bonchev–Trinajstić information content (AvgIpc) is 2.80. The Labute approximate surface area is 175 Å². The van der Waals surface area contributed by atoms with Crippen molar-refractivity contribution in [3.8, 4) is 0 Å². The molecule has 0 saturated heterocycles. The molecule has 0 radical (unpaired) electrons. The van der Waals surface area contributed by atoms with Crippen molar-refractivity contribution >= 4 is 31.9 Å². The third kappa shape index (κ3) is 3.14. The van der Waals surface area contributed by atoms with E-state index in [1.54, 1.807) is 0 Å². The van der Waals surface area contributed by atoms with Crippen molar-refractivity contribution in [3.05, 3.63) is 121 Å². The molecule has 4 rings (SSSR count). The van der Waals surface area contributed by atoms with Gasteiger partial charge in [-0.2, -0.15) is 0 Å². The predicted molar refractivity (Wildman–Crippen MR) is 126 cm³/mol. The molecule has 0 spiro atoms. The van der Waals surface area contributed by atoms with Crippen molar-refractivity contribution in [1.82, 2.24) is 0 Å². The molecule has 0 N–H and O–H groups in total. The van der Waals surface area contributed by atoms with E-state index in [4.69, 9.17) is 3.02 Å². The Bertz CT molecular complexity index is 875. The zero-order valence-electron chi connectivity index (χ0n) is 17.0. The van der Waals surface area contributed by atoms with Crippen LogP contribution in [0.1, 0.15) is 13.8 Å². The molecule has 29 heavy (non-hydrogen) atoms. The molecule has 0 fully saturated rings. The molecule has 0 aliphatic carbocycles. The molecule has 2 heteroatoms. The average molecular weight is 489 g/mol. The second-order valence-electron chi connectivity index (χ2n) is 7.53. The van der Waals surface area contributed by atoms with Gasteiger partial charge in [0.15, 0.2) is 0 Å². The summed E-state index contributed by atoms with van der Waals surface area (Å²) in [6.07, 6.45) is 0.0672. The Morgan fingerprint density at radius 1 is 0.448 bits per heavy atom. The predicted octanol–water partition coefficient (Wildman–Crippen LogP) is 3.94. The van der Waals surface area contributed by atoms with Crippen LogP contribution in [0.3, 0.4) is 0 Å². The van der Waals surface area contributed by atoms with Crippen LogP contribution >= 0.6 is 0 Å². The first-order chi connectivity index (χ1) is 14.2. The van der Waals surface area contributed by atoms with Crippen LogP contribution in [-0.4, -0.2) is 23.9 Å². The molecule has 4 aromatic rings. The van der Waals surface area contributed by atoms with Crippen LogP contribution in [0, 0.1) is 0 Å². The summed E-state index contributed by atoms with van der Waals surface area (Å²) >= 11 is -4.58. The van der Waals surface area contributed by atoms with Crippen molar-refractivity contribution in [2.45, 2.75) is 20.0 Å². The van der Waals surface area contributed by atoms with E-state index in [2.05, 4.69) is 135 Å². The summed E-state index contributed by atoms with van der Waals surface area (Å²) in [5, 5.41) is 0. The topological polar surface area (TPSA) is 9.23 Å². The molecular weight excluding hydrogens is 462 g/mol. The van der Waals surface area contributed by atoms with E-state index in [0.717, 1.165) is 0 Å². The quantitative estimate of drug-likeness (QED) is 0.373. The summed E-state index contributed by atoms with van der Waals surface area (Å²) in [6.45, 7) is 4.31. The van der Waals surface area contributed by atoms with E-state index < -0.39 is 17.8 Å². The third-order valence-corrected chi connectivity index (χ3v) is 22.5. The van der Waals surface area contributed by atoms with Gasteiger partial charge in [-0.3, -0.25) is 0 Å². The van der Waals surface area contributed by atoms with Gasteiger partial charge < -0.3 is 0 Å². The summed E-state index contributed by atoms with van der Waals surface area (Å²) in [7, 11) is 0. The Hall–Kier alpha value is -2.34. The molecule has 0 saturated carbocycles. The van der Waals surface area contributed by atoms with Gasteiger partial charge >= 0.3 is 176 Å². The molecule has 1 nitrogen and oxygen atoms in total. The first-order valence-corrected chi connectivity index (χ1v) is 16.3. The zero-order chi connectivity index (χ0) is 20.2. The van der Waals surface area contributed by atoms with Gasteiger partial charge in [0.1, 0.15) is 0 Å². The molecule has 146 valence electrons. The van der Waals surface area contributed by atoms with Gasteiger partial charge in [-0.25, -0.2) is 0 Å². The Balaban J connectivity index is 2.29. The van der Waals surface area contributed by atoms with Crippen LogP contribution < -0.4 is 14.0 Å². The van der Waals surface area contributed by atoms with Gasteiger partial charge in [-0.15, -0.1) is 0 Å². The van der Waals surface area contributed by atoms with E-state index in [1.165, 1.54) is 14.0 Å². The molecule has 0 amide bonds. The Kier molecular flexibility index (Phi) is 5.63. The van der Waals surface area contributed by atoms with Crippen LogP contribution in [0.15, 0.2) is 121 Å². The normalized spacial score (nSPS) is 13.0. The molecule has 0 heterocycles. The van der Waals surface area contributed by atoms with Gasteiger partial charge in [-0.1, -0.05) is 0 Å². The molecule has 0 atom stereocenters. The molecule has 0 aromatic heterocycles. The van der Waals surface area contributed by atoms with Gasteiger partial charge in [0.05, 0.1) is 0 Å². The van der Waals surface area contributed by atoms with Gasteiger partial charge in [0, 0.05) is 0 Å². The van der Waals surface area contributed by atoms with Crippen molar-refractivity contribution in [2.75, 3.05) is 0 Å². The summed E-state index contributed by atoms with van der Waals surface area (Å²) in [5.74, 6) is 0. The molecule has 0 aliphatic heterocycles. The summed E-state index contributed by atoms with van der Waals surface area (Å²) < 4.78 is 12.5.